The van der Waals surface area contributed by atoms with Gasteiger partial charge in [-0.1, -0.05) is 6.07 Å². The Morgan fingerprint density at radius 1 is 1.21 bits per heavy atom. The van der Waals surface area contributed by atoms with Crippen LogP contribution in [0.5, 0.6) is 0 Å². The Morgan fingerprint density at radius 3 is 2.61 bits per heavy atom. The first-order valence-electron chi connectivity index (χ1n) is 9.98. The number of carbonyl (C=O) groups is 1. The minimum atomic E-state index is -4.43. The molecular weight excluding hydrogens is 477 g/mol. The van der Waals surface area contributed by atoms with Gasteiger partial charge in [0, 0.05) is 68.4 Å². The van der Waals surface area contributed by atoms with Crippen molar-refractivity contribution in [3.05, 3.63) is 53.2 Å². The van der Waals surface area contributed by atoms with Gasteiger partial charge < -0.3 is 4.90 Å². The predicted molar refractivity (Wildman–Crippen MR) is 120 cm³/mol. The van der Waals surface area contributed by atoms with Crippen LogP contribution in [0.2, 0.25) is 0 Å². The van der Waals surface area contributed by atoms with Gasteiger partial charge in [-0.15, -0.1) is 16.4 Å². The van der Waals surface area contributed by atoms with Gasteiger partial charge in [0.05, 0.1) is 5.56 Å². The molecule has 0 bridgehead atoms. The summed E-state index contributed by atoms with van der Waals surface area (Å²) in [6.07, 6.45) is 0.121. The van der Waals surface area contributed by atoms with Crippen LogP contribution in [0.4, 0.5) is 23.8 Å². The summed E-state index contributed by atoms with van der Waals surface area (Å²) < 4.78 is 54.8. The van der Waals surface area contributed by atoms with E-state index in [-0.39, 0.29) is 6.03 Å². The summed E-state index contributed by atoms with van der Waals surface area (Å²) >= 11 is 1.30. The first kappa shape index (κ1) is 23.4. The lowest BCUT2D eigenvalue weighted by Gasteiger charge is -2.34. The number of amides is 1. The van der Waals surface area contributed by atoms with Crippen molar-refractivity contribution in [2.75, 3.05) is 37.2 Å². The molecule has 8 nitrogen and oxygen atoms in total. The molecule has 3 heterocycles. The molecule has 0 saturated carbocycles. The smallest absolute Gasteiger partial charge is 0.320 e. The summed E-state index contributed by atoms with van der Waals surface area (Å²) in [5, 5.41) is 6.37. The van der Waals surface area contributed by atoms with Crippen LogP contribution in [0, 0.1) is 0 Å². The summed E-state index contributed by atoms with van der Waals surface area (Å²) in [4.78, 5) is 20.6. The van der Waals surface area contributed by atoms with Crippen molar-refractivity contribution in [1.29, 1.82) is 0 Å². The monoisotopic (exact) mass is 498 g/mol. The first-order chi connectivity index (χ1) is 15.7. The average Bonchev–Trinajstić information content (AvgIpc) is 3.45. The first-order valence-corrected chi connectivity index (χ1v) is 12.4. The Bertz CT molecular complexity index is 1140. The summed E-state index contributed by atoms with van der Waals surface area (Å²) in [7, 11) is -1.29. The van der Waals surface area contributed by atoms with Crippen molar-refractivity contribution in [3.8, 4) is 10.6 Å². The standard InChI is InChI=1S/C20H21F3N6O2S2/c1-33(31)26-17-4-6-29(25-17)19(30)28-9-7-27(8-10-28)13-14-2-3-15(20(21,22)23)12-16(14)18-24-5-11-32-18/h2-6,11-12H,7-10,13H2,1H3,(H,25,26). The molecule has 1 amide bonds. The molecule has 1 saturated heterocycles. The van der Waals surface area contributed by atoms with E-state index in [4.69, 9.17) is 0 Å². The van der Waals surface area contributed by atoms with E-state index in [0.29, 0.717) is 49.1 Å². The third kappa shape index (κ3) is 5.60. The molecule has 1 unspecified atom stereocenters. The zero-order valence-corrected chi connectivity index (χ0v) is 19.2. The van der Waals surface area contributed by atoms with E-state index in [0.717, 1.165) is 17.7 Å². The molecule has 1 atom stereocenters. The number of hydrogen-bond donors (Lipinski definition) is 1. The predicted octanol–water partition coefficient (Wildman–Crippen LogP) is 3.52. The summed E-state index contributed by atoms with van der Waals surface area (Å²) in [6, 6.07) is 5.04. The number of aromatic nitrogens is 3. The SMILES string of the molecule is CS(=O)Nc1ccn(C(=O)N2CCN(Cc3ccc(C(F)(F)F)cc3-c3nccs3)CC2)n1. The molecular formula is C20H21F3N6O2S2. The molecule has 0 aliphatic carbocycles. The van der Waals surface area contributed by atoms with Gasteiger partial charge in [-0.05, 0) is 17.7 Å². The number of hydrogen-bond acceptors (Lipinski definition) is 6. The molecule has 4 rings (SSSR count). The van der Waals surface area contributed by atoms with Gasteiger partial charge in [-0.2, -0.15) is 17.9 Å². The largest absolute Gasteiger partial charge is 0.416 e. The normalized spacial score (nSPS) is 16.1. The van der Waals surface area contributed by atoms with E-state index >= 15 is 0 Å². The fraction of sp³-hybridized carbons (Fsp3) is 0.350. The van der Waals surface area contributed by atoms with Crippen molar-refractivity contribution in [2.24, 2.45) is 0 Å². The van der Waals surface area contributed by atoms with Crippen LogP contribution in [-0.4, -0.2) is 67.2 Å². The molecule has 3 aromatic rings. The Kier molecular flexibility index (Phi) is 6.81. The molecule has 2 aromatic heterocycles. The second kappa shape index (κ2) is 9.61. The van der Waals surface area contributed by atoms with Crippen LogP contribution in [0.1, 0.15) is 11.1 Å². The van der Waals surface area contributed by atoms with Crippen molar-refractivity contribution < 1.29 is 22.2 Å². The highest BCUT2D eigenvalue weighted by atomic mass is 32.2. The Labute approximate surface area is 194 Å². The minimum absolute atomic E-state index is 0.289. The van der Waals surface area contributed by atoms with Crippen LogP contribution in [0.15, 0.2) is 42.0 Å². The number of anilines is 1. The zero-order valence-electron chi connectivity index (χ0n) is 17.6. The van der Waals surface area contributed by atoms with Gasteiger partial charge >= 0.3 is 12.2 Å². The van der Waals surface area contributed by atoms with Gasteiger partial charge in [0.2, 0.25) is 0 Å². The highest BCUT2D eigenvalue weighted by molar-refractivity contribution is 7.85. The molecule has 176 valence electrons. The zero-order chi connectivity index (χ0) is 23.6. The van der Waals surface area contributed by atoms with E-state index < -0.39 is 22.7 Å². The number of piperazine rings is 1. The lowest BCUT2D eigenvalue weighted by Crippen LogP contribution is -2.49. The summed E-state index contributed by atoms with van der Waals surface area (Å²) in [5.41, 5.74) is 0.531. The van der Waals surface area contributed by atoms with Crippen molar-refractivity contribution in [3.63, 3.8) is 0 Å². The molecule has 1 fully saturated rings. The fourth-order valence-electron chi connectivity index (χ4n) is 3.56. The van der Waals surface area contributed by atoms with Crippen LogP contribution >= 0.6 is 11.3 Å². The third-order valence-corrected chi connectivity index (χ3v) is 6.47. The Morgan fingerprint density at radius 2 is 1.97 bits per heavy atom. The number of carbonyl (C=O) groups excluding carboxylic acids is 1. The molecule has 1 aliphatic heterocycles. The molecule has 1 N–H and O–H groups in total. The van der Waals surface area contributed by atoms with Gasteiger partial charge in [0.1, 0.15) is 16.0 Å². The Hall–Kier alpha value is -2.77. The highest BCUT2D eigenvalue weighted by Crippen LogP contribution is 2.35. The molecule has 0 radical (unpaired) electrons. The quantitative estimate of drug-likeness (QED) is 0.582. The molecule has 33 heavy (non-hydrogen) atoms. The van der Waals surface area contributed by atoms with E-state index in [1.807, 2.05) is 0 Å². The van der Waals surface area contributed by atoms with Crippen molar-refractivity contribution in [1.82, 2.24) is 24.6 Å². The molecule has 1 aliphatic rings. The van der Waals surface area contributed by atoms with Crippen molar-refractivity contribution in [2.45, 2.75) is 12.7 Å². The van der Waals surface area contributed by atoms with Gasteiger partial charge in [0.15, 0.2) is 5.82 Å². The third-order valence-electron chi connectivity index (χ3n) is 5.17. The maximum Gasteiger partial charge on any atom is 0.416 e. The van der Waals surface area contributed by atoms with Crippen LogP contribution < -0.4 is 4.72 Å². The Balaban J connectivity index is 1.42. The topological polar surface area (TPSA) is 83.4 Å². The number of thiazole rings is 1. The number of halogens is 3. The van der Waals surface area contributed by atoms with Crippen LogP contribution in [-0.2, 0) is 23.7 Å². The second-order valence-corrected chi connectivity index (χ2v) is 9.46. The maximum absolute atomic E-state index is 13.2. The second-order valence-electron chi connectivity index (χ2n) is 7.45. The lowest BCUT2D eigenvalue weighted by molar-refractivity contribution is -0.137. The number of rotatable bonds is 5. The number of nitrogens with one attached hydrogen (secondary N) is 1. The summed E-state index contributed by atoms with van der Waals surface area (Å²) in [5.74, 6) is 0.347. The van der Waals surface area contributed by atoms with E-state index in [2.05, 4.69) is 19.7 Å². The van der Waals surface area contributed by atoms with E-state index in [1.165, 1.54) is 34.5 Å². The maximum atomic E-state index is 13.2. The van der Waals surface area contributed by atoms with Crippen LogP contribution in [0.3, 0.4) is 0 Å². The molecule has 13 heteroatoms. The summed E-state index contributed by atoms with van der Waals surface area (Å²) in [6.45, 7) is 2.49. The lowest BCUT2D eigenvalue weighted by atomic mass is 10.0. The van der Waals surface area contributed by atoms with Crippen LogP contribution in [0.25, 0.3) is 10.6 Å². The number of benzene rings is 1. The fourth-order valence-corrected chi connectivity index (χ4v) is 4.65. The molecule has 0 spiro atoms. The average molecular weight is 499 g/mol. The van der Waals surface area contributed by atoms with Gasteiger partial charge in [-0.25, -0.2) is 14.0 Å². The highest BCUT2D eigenvalue weighted by Gasteiger charge is 2.32. The van der Waals surface area contributed by atoms with E-state index in [9.17, 15) is 22.2 Å². The minimum Gasteiger partial charge on any atom is -0.320 e. The van der Waals surface area contributed by atoms with Gasteiger partial charge in [0.25, 0.3) is 0 Å². The van der Waals surface area contributed by atoms with E-state index in [1.54, 1.807) is 22.5 Å². The molecule has 1 aromatic carbocycles. The number of nitrogens with zero attached hydrogens (tertiary/aromatic N) is 5. The van der Waals surface area contributed by atoms with Crippen molar-refractivity contribution >= 4 is 34.2 Å². The number of alkyl halides is 3. The van der Waals surface area contributed by atoms with Gasteiger partial charge in [-0.3, -0.25) is 9.62 Å².